The molecule has 3 nitrogen and oxygen atoms in total. The number of hydrogen-bond donors (Lipinski definition) is 0. The Hall–Kier alpha value is -0.770. The van der Waals surface area contributed by atoms with Gasteiger partial charge in [0.05, 0.1) is 6.61 Å². The maximum absolute atomic E-state index is 6.03. The summed E-state index contributed by atoms with van der Waals surface area (Å²) in [4.78, 5) is 9.74. The maximum Gasteiger partial charge on any atom is 0.172 e. The van der Waals surface area contributed by atoms with Crippen molar-refractivity contribution < 1.29 is 14.5 Å². The van der Waals surface area contributed by atoms with Gasteiger partial charge in [0, 0.05) is 23.3 Å². The zero-order valence-electron chi connectivity index (χ0n) is 7.88. The Morgan fingerprint density at radius 1 is 1.50 bits per heavy atom. The van der Waals surface area contributed by atoms with Gasteiger partial charge in [-0.15, -0.1) is 0 Å². The molecule has 0 saturated heterocycles. The van der Waals surface area contributed by atoms with Crippen LogP contribution in [0.25, 0.3) is 0 Å². The molecule has 0 aliphatic carbocycles. The van der Waals surface area contributed by atoms with Gasteiger partial charge in [0.15, 0.2) is 5.75 Å². The number of rotatable bonds is 3. The molecule has 0 spiro atoms. The standard InChI is InChI=1S/C10H11ClO3/c1-2-12-5-7-3-8-6-13-14-10(8)4-9(7)11/h3-4H,2,5-6H2,1H3. The van der Waals surface area contributed by atoms with Crippen molar-refractivity contribution >= 4 is 11.6 Å². The number of ether oxygens (including phenoxy) is 1. The molecule has 0 atom stereocenters. The van der Waals surface area contributed by atoms with Gasteiger partial charge in [0.25, 0.3) is 0 Å². The SMILES string of the molecule is CCOCc1cc2c(cc1Cl)OOC2. The van der Waals surface area contributed by atoms with E-state index >= 15 is 0 Å². The van der Waals surface area contributed by atoms with Crippen LogP contribution in [-0.4, -0.2) is 6.61 Å². The van der Waals surface area contributed by atoms with Crippen LogP contribution in [0, 0.1) is 0 Å². The Bertz CT molecular complexity index is 338. The second-order valence-electron chi connectivity index (χ2n) is 3.03. The summed E-state index contributed by atoms with van der Waals surface area (Å²) in [6.45, 7) is 3.64. The lowest BCUT2D eigenvalue weighted by atomic mass is 10.1. The lowest BCUT2D eigenvalue weighted by Gasteiger charge is -2.05. The molecule has 0 aromatic heterocycles. The fourth-order valence-corrected chi connectivity index (χ4v) is 1.53. The number of hydrogen-bond acceptors (Lipinski definition) is 3. The third-order valence-corrected chi connectivity index (χ3v) is 2.41. The van der Waals surface area contributed by atoms with Crippen LogP contribution < -0.4 is 4.89 Å². The highest BCUT2D eigenvalue weighted by Gasteiger charge is 2.16. The van der Waals surface area contributed by atoms with Gasteiger partial charge in [-0.2, -0.15) is 4.89 Å². The van der Waals surface area contributed by atoms with E-state index in [1.54, 1.807) is 6.07 Å². The summed E-state index contributed by atoms with van der Waals surface area (Å²) in [5.74, 6) is 0.704. The molecule has 0 bridgehead atoms. The van der Waals surface area contributed by atoms with Crippen molar-refractivity contribution in [3.05, 3.63) is 28.3 Å². The molecule has 1 heterocycles. The van der Waals surface area contributed by atoms with Gasteiger partial charge in [0.1, 0.15) is 6.61 Å². The molecule has 0 saturated carbocycles. The molecule has 0 fully saturated rings. The van der Waals surface area contributed by atoms with Crippen LogP contribution in [0.2, 0.25) is 5.02 Å². The van der Waals surface area contributed by atoms with Crippen LogP contribution >= 0.6 is 11.6 Å². The Kier molecular flexibility index (Phi) is 2.91. The molecule has 0 amide bonds. The lowest BCUT2D eigenvalue weighted by molar-refractivity contribution is -0.194. The number of fused-ring (bicyclic) bond motifs is 1. The van der Waals surface area contributed by atoms with E-state index in [9.17, 15) is 0 Å². The summed E-state index contributed by atoms with van der Waals surface area (Å²) in [7, 11) is 0. The second kappa shape index (κ2) is 4.17. The summed E-state index contributed by atoms with van der Waals surface area (Å²) in [6, 6.07) is 3.72. The average molecular weight is 215 g/mol. The van der Waals surface area contributed by atoms with Gasteiger partial charge in [0.2, 0.25) is 0 Å². The van der Waals surface area contributed by atoms with E-state index in [1.165, 1.54) is 0 Å². The summed E-state index contributed by atoms with van der Waals surface area (Å²) in [6.07, 6.45) is 0. The first kappa shape index (κ1) is 9.77. The first-order chi connectivity index (χ1) is 6.81. The second-order valence-corrected chi connectivity index (χ2v) is 3.44. The van der Waals surface area contributed by atoms with Crippen molar-refractivity contribution in [2.24, 2.45) is 0 Å². The minimum Gasteiger partial charge on any atom is -0.377 e. The van der Waals surface area contributed by atoms with Gasteiger partial charge in [-0.05, 0) is 18.6 Å². The molecule has 76 valence electrons. The third kappa shape index (κ3) is 1.85. The van der Waals surface area contributed by atoms with Crippen molar-refractivity contribution in [1.29, 1.82) is 0 Å². The smallest absolute Gasteiger partial charge is 0.172 e. The molecule has 1 aromatic rings. The number of benzene rings is 1. The Labute approximate surface area is 87.5 Å². The molecule has 1 aliphatic heterocycles. The summed E-state index contributed by atoms with van der Waals surface area (Å²) >= 11 is 6.03. The highest BCUT2D eigenvalue weighted by molar-refractivity contribution is 6.31. The fraction of sp³-hybridized carbons (Fsp3) is 0.400. The van der Waals surface area contributed by atoms with Gasteiger partial charge >= 0.3 is 0 Å². The zero-order valence-corrected chi connectivity index (χ0v) is 8.63. The van der Waals surface area contributed by atoms with Gasteiger partial charge in [-0.25, -0.2) is 0 Å². The highest BCUT2D eigenvalue weighted by atomic mass is 35.5. The minimum absolute atomic E-state index is 0.478. The van der Waals surface area contributed by atoms with E-state index < -0.39 is 0 Å². The maximum atomic E-state index is 6.03. The van der Waals surface area contributed by atoms with Crippen molar-refractivity contribution in [2.45, 2.75) is 20.1 Å². The van der Waals surface area contributed by atoms with E-state index in [4.69, 9.17) is 26.1 Å². The van der Waals surface area contributed by atoms with Gasteiger partial charge in [-0.3, -0.25) is 0 Å². The van der Waals surface area contributed by atoms with Crippen molar-refractivity contribution in [3.63, 3.8) is 0 Å². The largest absolute Gasteiger partial charge is 0.377 e. The van der Waals surface area contributed by atoms with E-state index in [0.29, 0.717) is 30.6 Å². The van der Waals surface area contributed by atoms with Crippen molar-refractivity contribution in [3.8, 4) is 5.75 Å². The van der Waals surface area contributed by atoms with E-state index in [0.717, 1.165) is 11.1 Å². The van der Waals surface area contributed by atoms with Crippen molar-refractivity contribution in [2.75, 3.05) is 6.61 Å². The van der Waals surface area contributed by atoms with Crippen LogP contribution in [-0.2, 0) is 22.8 Å². The van der Waals surface area contributed by atoms with Gasteiger partial charge in [-0.1, -0.05) is 11.6 Å². The molecular weight excluding hydrogens is 204 g/mol. The topological polar surface area (TPSA) is 27.7 Å². The molecule has 14 heavy (non-hydrogen) atoms. The third-order valence-electron chi connectivity index (χ3n) is 2.05. The summed E-state index contributed by atoms with van der Waals surface area (Å²) < 4.78 is 5.29. The van der Waals surface area contributed by atoms with E-state index in [-0.39, 0.29) is 0 Å². The minimum atomic E-state index is 0.478. The van der Waals surface area contributed by atoms with Crippen LogP contribution in [0.1, 0.15) is 18.1 Å². The van der Waals surface area contributed by atoms with E-state index in [2.05, 4.69) is 0 Å². The lowest BCUT2D eigenvalue weighted by Crippen LogP contribution is -1.94. The molecule has 0 N–H and O–H groups in total. The summed E-state index contributed by atoms with van der Waals surface area (Å²) in [5.41, 5.74) is 1.99. The molecule has 1 aliphatic rings. The van der Waals surface area contributed by atoms with Crippen LogP contribution in [0.4, 0.5) is 0 Å². The van der Waals surface area contributed by atoms with Gasteiger partial charge < -0.3 is 9.62 Å². The van der Waals surface area contributed by atoms with Crippen LogP contribution in [0.3, 0.4) is 0 Å². The normalized spacial score (nSPS) is 13.9. The summed E-state index contributed by atoms with van der Waals surface area (Å²) in [5, 5.41) is 0.655. The predicted octanol–water partition coefficient (Wildman–Crippen LogP) is 2.70. The Morgan fingerprint density at radius 3 is 3.14 bits per heavy atom. The highest BCUT2D eigenvalue weighted by Crippen LogP contribution is 2.32. The average Bonchev–Trinajstić information content (AvgIpc) is 2.61. The molecule has 0 radical (unpaired) electrons. The monoisotopic (exact) mass is 214 g/mol. The molecule has 1 aromatic carbocycles. The van der Waals surface area contributed by atoms with Crippen LogP contribution in [0.5, 0.6) is 5.75 Å². The number of halogens is 1. The molecular formula is C10H11ClO3. The molecule has 2 rings (SSSR count). The molecule has 4 heteroatoms. The fourth-order valence-electron chi connectivity index (χ4n) is 1.32. The quantitative estimate of drug-likeness (QED) is 0.725. The first-order valence-corrected chi connectivity index (χ1v) is 4.87. The van der Waals surface area contributed by atoms with Crippen molar-refractivity contribution in [1.82, 2.24) is 0 Å². The zero-order chi connectivity index (χ0) is 9.97. The Morgan fingerprint density at radius 2 is 2.36 bits per heavy atom. The predicted molar refractivity (Wildman–Crippen MR) is 52.2 cm³/mol. The Balaban J connectivity index is 2.23. The van der Waals surface area contributed by atoms with E-state index in [1.807, 2.05) is 13.0 Å². The first-order valence-electron chi connectivity index (χ1n) is 4.49. The van der Waals surface area contributed by atoms with Crippen LogP contribution in [0.15, 0.2) is 12.1 Å². The molecule has 0 unspecified atom stereocenters.